The van der Waals surface area contributed by atoms with Gasteiger partial charge in [-0.25, -0.2) is 4.52 Å². The molecule has 0 radical (unpaired) electrons. The maximum Gasteiger partial charge on any atom is 0.289 e. The van der Waals surface area contributed by atoms with Gasteiger partial charge in [-0.3, -0.25) is 4.79 Å². The highest BCUT2D eigenvalue weighted by molar-refractivity contribution is 5.91. The average molecular weight is 374 g/mol. The number of hydrogen-bond donors (Lipinski definition) is 0. The molecule has 1 aliphatic heterocycles. The van der Waals surface area contributed by atoms with Crippen LogP contribution >= 0.6 is 0 Å². The highest BCUT2D eigenvalue weighted by atomic mass is 16.5. The molecule has 1 amide bonds. The van der Waals surface area contributed by atoms with Gasteiger partial charge in [0.05, 0.1) is 24.9 Å². The van der Waals surface area contributed by atoms with E-state index in [1.54, 1.807) is 21.5 Å². The van der Waals surface area contributed by atoms with E-state index in [2.05, 4.69) is 22.4 Å². The van der Waals surface area contributed by atoms with Crippen LogP contribution < -0.4 is 0 Å². The first-order valence-electron chi connectivity index (χ1n) is 9.14. The number of benzene rings is 1. The number of pyridine rings is 1. The molecule has 1 aromatic carbocycles. The molecule has 0 saturated carbocycles. The second kappa shape index (κ2) is 6.94. The van der Waals surface area contributed by atoms with Gasteiger partial charge < -0.3 is 14.1 Å². The number of furan rings is 1. The smallest absolute Gasteiger partial charge is 0.289 e. The molecule has 0 N–H and O–H groups in total. The zero-order valence-electron chi connectivity index (χ0n) is 15.1. The van der Waals surface area contributed by atoms with Crippen molar-refractivity contribution < 1.29 is 13.9 Å². The number of morpholine rings is 1. The van der Waals surface area contributed by atoms with Gasteiger partial charge in [-0.05, 0) is 23.8 Å². The Labute approximate surface area is 161 Å². The summed E-state index contributed by atoms with van der Waals surface area (Å²) < 4.78 is 12.9. The van der Waals surface area contributed by atoms with E-state index in [0.29, 0.717) is 25.5 Å². The number of fused-ring (bicyclic) bond motifs is 1. The molecule has 1 saturated heterocycles. The quantitative estimate of drug-likeness (QED) is 0.551. The number of amides is 1. The Morgan fingerprint density at radius 3 is 2.75 bits per heavy atom. The predicted molar refractivity (Wildman–Crippen MR) is 102 cm³/mol. The lowest BCUT2D eigenvalue weighted by molar-refractivity contribution is -0.0250. The van der Waals surface area contributed by atoms with Crippen LogP contribution in [0.5, 0.6) is 0 Å². The second-order valence-electron chi connectivity index (χ2n) is 6.68. The summed E-state index contributed by atoms with van der Waals surface area (Å²) in [7, 11) is 0. The van der Waals surface area contributed by atoms with Crippen molar-refractivity contribution in [3.05, 3.63) is 78.5 Å². The number of ether oxygens (including phenoxy) is 1. The zero-order chi connectivity index (χ0) is 18.9. The highest BCUT2D eigenvalue weighted by Gasteiger charge is 2.30. The summed E-state index contributed by atoms with van der Waals surface area (Å²) in [4.78, 5) is 14.3. The van der Waals surface area contributed by atoms with E-state index >= 15 is 0 Å². The number of aromatic nitrogens is 3. The predicted octanol–water partition coefficient (Wildman–Crippen LogP) is 3.20. The minimum absolute atomic E-state index is 0.138. The summed E-state index contributed by atoms with van der Waals surface area (Å²) in [5.74, 6) is 0.196. The lowest BCUT2D eigenvalue weighted by Crippen LogP contribution is -2.42. The number of carbonyl (C=O) groups excluding carboxylic acids is 1. The van der Waals surface area contributed by atoms with Crippen LogP contribution in [-0.2, 0) is 4.74 Å². The van der Waals surface area contributed by atoms with Crippen molar-refractivity contribution in [2.75, 3.05) is 19.7 Å². The Hall–Kier alpha value is -3.45. The summed E-state index contributed by atoms with van der Waals surface area (Å²) >= 11 is 0. The minimum atomic E-state index is -0.326. The fourth-order valence-corrected chi connectivity index (χ4v) is 3.50. The Kier molecular flexibility index (Phi) is 4.14. The summed E-state index contributed by atoms with van der Waals surface area (Å²) in [5, 5.41) is 8.60. The molecule has 4 aromatic rings. The van der Waals surface area contributed by atoms with Crippen molar-refractivity contribution in [2.24, 2.45) is 0 Å². The van der Waals surface area contributed by atoms with E-state index in [1.165, 1.54) is 6.26 Å². The van der Waals surface area contributed by atoms with E-state index in [9.17, 15) is 4.79 Å². The first-order valence-corrected chi connectivity index (χ1v) is 9.14. The third-order valence-corrected chi connectivity index (χ3v) is 4.94. The molecular weight excluding hydrogens is 356 g/mol. The topological polar surface area (TPSA) is 72.9 Å². The molecule has 7 heteroatoms. The molecule has 140 valence electrons. The molecule has 0 spiro atoms. The summed E-state index contributed by atoms with van der Waals surface area (Å²) in [6.07, 6.45) is 3.13. The number of rotatable bonds is 3. The van der Waals surface area contributed by atoms with E-state index < -0.39 is 0 Å². The highest BCUT2D eigenvalue weighted by Crippen LogP contribution is 2.27. The Bertz CT molecular complexity index is 1110. The van der Waals surface area contributed by atoms with Crippen molar-refractivity contribution in [3.63, 3.8) is 0 Å². The van der Waals surface area contributed by atoms with Gasteiger partial charge >= 0.3 is 0 Å². The second-order valence-corrected chi connectivity index (χ2v) is 6.68. The Morgan fingerprint density at radius 2 is 1.93 bits per heavy atom. The minimum Gasteiger partial charge on any atom is -0.459 e. The molecule has 1 fully saturated rings. The van der Waals surface area contributed by atoms with Gasteiger partial charge in [-0.15, -0.1) is 5.10 Å². The molecule has 1 atom stereocenters. The van der Waals surface area contributed by atoms with E-state index in [0.717, 1.165) is 22.3 Å². The monoisotopic (exact) mass is 374 g/mol. The molecule has 28 heavy (non-hydrogen) atoms. The van der Waals surface area contributed by atoms with Crippen LogP contribution in [0, 0.1) is 0 Å². The maximum absolute atomic E-state index is 12.6. The van der Waals surface area contributed by atoms with E-state index in [1.807, 2.05) is 36.5 Å². The molecule has 1 aliphatic rings. The van der Waals surface area contributed by atoms with Gasteiger partial charge in [0.25, 0.3) is 5.91 Å². The molecule has 0 bridgehead atoms. The molecule has 3 aromatic heterocycles. The molecule has 0 aliphatic carbocycles. The number of carbonyl (C=O) groups is 1. The fourth-order valence-electron chi connectivity index (χ4n) is 3.50. The average Bonchev–Trinajstić information content (AvgIpc) is 3.43. The van der Waals surface area contributed by atoms with Crippen molar-refractivity contribution in [1.82, 2.24) is 19.7 Å². The molecule has 7 nitrogen and oxygen atoms in total. The van der Waals surface area contributed by atoms with Crippen molar-refractivity contribution >= 4 is 11.4 Å². The van der Waals surface area contributed by atoms with Crippen LogP contribution in [0.2, 0.25) is 0 Å². The number of nitrogens with zero attached hydrogens (tertiary/aromatic N) is 4. The third kappa shape index (κ3) is 2.95. The molecule has 5 rings (SSSR count). The molecule has 4 heterocycles. The normalized spacial score (nSPS) is 17.1. The van der Waals surface area contributed by atoms with Gasteiger partial charge in [0.15, 0.2) is 5.76 Å². The standard InChI is InChI=1S/C21H18N4O3/c26-21(18-7-4-11-27-18)24-10-12-28-19(14-24)20-17-9-8-16(13-25(17)23-22-20)15-5-2-1-3-6-15/h1-9,11,13,19H,10,12,14H2/t19-/m0/s1. The zero-order valence-corrected chi connectivity index (χ0v) is 15.1. The van der Waals surface area contributed by atoms with E-state index in [4.69, 9.17) is 9.15 Å². The van der Waals surface area contributed by atoms with Crippen LogP contribution in [0.15, 0.2) is 71.5 Å². The van der Waals surface area contributed by atoms with Gasteiger partial charge in [-0.2, -0.15) is 0 Å². The van der Waals surface area contributed by atoms with Gasteiger partial charge in [-0.1, -0.05) is 41.6 Å². The van der Waals surface area contributed by atoms with E-state index in [-0.39, 0.29) is 12.0 Å². The summed E-state index contributed by atoms with van der Waals surface area (Å²) in [5.41, 5.74) is 3.78. The van der Waals surface area contributed by atoms with Crippen molar-refractivity contribution in [3.8, 4) is 11.1 Å². The first kappa shape index (κ1) is 16.7. The van der Waals surface area contributed by atoms with Crippen LogP contribution in [0.1, 0.15) is 22.4 Å². The Balaban J connectivity index is 1.42. The maximum atomic E-state index is 12.6. The summed E-state index contributed by atoms with van der Waals surface area (Å²) in [6.45, 7) is 1.37. The summed E-state index contributed by atoms with van der Waals surface area (Å²) in [6, 6.07) is 17.5. The van der Waals surface area contributed by atoms with Crippen LogP contribution in [0.3, 0.4) is 0 Å². The lowest BCUT2D eigenvalue weighted by Gasteiger charge is -2.31. The van der Waals surface area contributed by atoms with Crippen molar-refractivity contribution in [2.45, 2.75) is 6.10 Å². The van der Waals surface area contributed by atoms with Gasteiger partial charge in [0.2, 0.25) is 0 Å². The van der Waals surface area contributed by atoms with Gasteiger partial charge in [0, 0.05) is 18.3 Å². The Morgan fingerprint density at radius 1 is 1.04 bits per heavy atom. The molecule has 0 unspecified atom stereocenters. The number of hydrogen-bond acceptors (Lipinski definition) is 5. The van der Waals surface area contributed by atoms with Crippen LogP contribution in [-0.4, -0.2) is 45.3 Å². The van der Waals surface area contributed by atoms with Crippen molar-refractivity contribution in [1.29, 1.82) is 0 Å². The largest absolute Gasteiger partial charge is 0.459 e. The fraction of sp³-hybridized carbons (Fsp3) is 0.190. The van der Waals surface area contributed by atoms with Gasteiger partial charge in [0.1, 0.15) is 11.8 Å². The van der Waals surface area contributed by atoms with Crippen LogP contribution in [0.25, 0.3) is 16.6 Å². The van der Waals surface area contributed by atoms with Crippen LogP contribution in [0.4, 0.5) is 0 Å². The SMILES string of the molecule is O=C(c1ccco1)N1CCO[C@H](c2nnn3cc(-c4ccccc4)ccc23)C1. The first-order chi connectivity index (χ1) is 13.8. The third-order valence-electron chi connectivity index (χ3n) is 4.94. The molecular formula is C21H18N4O3. The lowest BCUT2D eigenvalue weighted by atomic mass is 10.1.